The van der Waals surface area contributed by atoms with Gasteiger partial charge in [-0.3, -0.25) is 14.3 Å². The molecule has 1 aliphatic carbocycles. The molecule has 1 amide bonds. The molecule has 0 aromatic carbocycles. The molecule has 0 radical (unpaired) electrons. The normalized spacial score (nSPS) is 19.0. The van der Waals surface area contributed by atoms with Gasteiger partial charge in [0.25, 0.3) is 5.56 Å². The Morgan fingerprint density at radius 2 is 1.91 bits per heavy atom. The summed E-state index contributed by atoms with van der Waals surface area (Å²) in [4.78, 5) is 26.6. The predicted octanol–water partition coefficient (Wildman–Crippen LogP) is 2.60. The van der Waals surface area contributed by atoms with E-state index in [0.29, 0.717) is 44.0 Å². The number of carbonyl (C=O) groups is 1. The summed E-state index contributed by atoms with van der Waals surface area (Å²) in [6.45, 7) is 2.96. The van der Waals surface area contributed by atoms with Gasteiger partial charge in [-0.25, -0.2) is 8.42 Å². The molecule has 9 nitrogen and oxygen atoms in total. The van der Waals surface area contributed by atoms with Crippen molar-refractivity contribution in [3.63, 3.8) is 0 Å². The van der Waals surface area contributed by atoms with Crippen molar-refractivity contribution in [2.24, 2.45) is 13.0 Å². The van der Waals surface area contributed by atoms with Crippen LogP contribution in [0.5, 0.6) is 0 Å². The highest BCUT2D eigenvalue weighted by molar-refractivity contribution is 7.92. The van der Waals surface area contributed by atoms with Gasteiger partial charge in [-0.05, 0) is 51.0 Å². The van der Waals surface area contributed by atoms with Crippen molar-refractivity contribution >= 4 is 21.6 Å². The minimum atomic E-state index is -3.56. The smallest absolute Gasteiger partial charge is 0.252 e. The maximum Gasteiger partial charge on any atom is 0.252 e. The fourth-order valence-corrected chi connectivity index (χ4v) is 6.89. The van der Waals surface area contributed by atoms with Crippen molar-refractivity contribution < 1.29 is 17.9 Å². The average Bonchev–Trinajstić information content (AvgIpc) is 3.45. The Bertz CT molecular complexity index is 1160. The van der Waals surface area contributed by atoms with Crippen LogP contribution in [0.2, 0.25) is 0 Å². The van der Waals surface area contributed by atoms with E-state index in [1.54, 1.807) is 37.0 Å². The standard InChI is InChI=1S/C23H32N4O5S/c1-16-13-19(33(30,31)18-5-3-4-6-18)15-22(28)27(16)20(14-17-8-11-32-12-9-17)23(29)24-21-7-10-26(2)25-21/h7,10,13,15,17-18,20H,3-6,8-9,11-12,14H2,1-2H3,(H,24,25,29). The van der Waals surface area contributed by atoms with Crippen molar-refractivity contribution in [2.45, 2.75) is 68.1 Å². The van der Waals surface area contributed by atoms with Crippen molar-refractivity contribution in [1.29, 1.82) is 0 Å². The molecule has 0 bridgehead atoms. The Kier molecular flexibility index (Phi) is 7.04. The van der Waals surface area contributed by atoms with E-state index in [-0.39, 0.29) is 16.7 Å². The lowest BCUT2D eigenvalue weighted by Gasteiger charge is -2.28. The van der Waals surface area contributed by atoms with Crippen molar-refractivity contribution in [1.82, 2.24) is 14.3 Å². The molecule has 180 valence electrons. The number of sulfone groups is 1. The number of hydrogen-bond acceptors (Lipinski definition) is 6. The number of nitrogens with zero attached hydrogens (tertiary/aromatic N) is 3. The number of hydrogen-bond donors (Lipinski definition) is 1. The van der Waals surface area contributed by atoms with E-state index in [1.807, 2.05) is 0 Å². The number of ether oxygens (including phenoxy) is 1. The van der Waals surface area contributed by atoms with Crippen LogP contribution in [-0.4, -0.2) is 47.1 Å². The van der Waals surface area contributed by atoms with Gasteiger partial charge in [0, 0.05) is 44.3 Å². The number of carbonyl (C=O) groups excluding carboxylic acids is 1. The minimum Gasteiger partial charge on any atom is -0.381 e. The number of aryl methyl sites for hydroxylation is 2. The molecular weight excluding hydrogens is 444 g/mol. The number of anilines is 1. The van der Waals surface area contributed by atoms with E-state index in [2.05, 4.69) is 10.4 Å². The Morgan fingerprint density at radius 1 is 1.21 bits per heavy atom. The van der Waals surface area contributed by atoms with Crippen LogP contribution in [0.15, 0.2) is 34.1 Å². The van der Waals surface area contributed by atoms with E-state index in [0.717, 1.165) is 25.7 Å². The third-order valence-electron chi connectivity index (χ3n) is 6.78. The van der Waals surface area contributed by atoms with Gasteiger partial charge in [-0.2, -0.15) is 5.10 Å². The molecule has 2 aromatic rings. The molecule has 1 aliphatic heterocycles. The quantitative estimate of drug-likeness (QED) is 0.657. The third kappa shape index (κ3) is 5.22. The molecule has 2 aromatic heterocycles. The largest absolute Gasteiger partial charge is 0.381 e. The van der Waals surface area contributed by atoms with Crippen LogP contribution in [0.25, 0.3) is 0 Å². The highest BCUT2D eigenvalue weighted by Crippen LogP contribution is 2.31. The fraction of sp³-hybridized carbons (Fsp3) is 0.609. The molecular formula is C23H32N4O5S. The van der Waals surface area contributed by atoms with Crippen LogP contribution in [0.3, 0.4) is 0 Å². The van der Waals surface area contributed by atoms with Crippen LogP contribution in [-0.2, 0) is 26.4 Å². The molecule has 2 aliphatic rings. The average molecular weight is 477 g/mol. The van der Waals surface area contributed by atoms with Gasteiger partial charge >= 0.3 is 0 Å². The topological polar surface area (TPSA) is 112 Å². The Balaban J connectivity index is 1.67. The molecule has 0 spiro atoms. The first-order valence-electron chi connectivity index (χ1n) is 11.6. The molecule has 1 saturated heterocycles. The fourth-order valence-electron chi connectivity index (χ4n) is 4.96. The highest BCUT2D eigenvalue weighted by Gasteiger charge is 2.33. The van der Waals surface area contributed by atoms with E-state index in [4.69, 9.17) is 4.74 Å². The molecule has 33 heavy (non-hydrogen) atoms. The number of pyridine rings is 1. The summed E-state index contributed by atoms with van der Waals surface area (Å²) in [5.74, 6) is 0.300. The first kappa shape index (κ1) is 23.7. The van der Waals surface area contributed by atoms with Crippen LogP contribution in [0.1, 0.15) is 56.7 Å². The van der Waals surface area contributed by atoms with E-state index < -0.39 is 26.7 Å². The zero-order valence-corrected chi connectivity index (χ0v) is 20.0. The van der Waals surface area contributed by atoms with Crippen molar-refractivity contribution in [3.8, 4) is 0 Å². The maximum atomic E-state index is 13.3. The summed E-state index contributed by atoms with van der Waals surface area (Å²) in [6, 6.07) is 3.65. The predicted molar refractivity (Wildman–Crippen MR) is 124 cm³/mol. The Labute approximate surface area is 194 Å². The summed E-state index contributed by atoms with van der Waals surface area (Å²) in [5, 5.41) is 6.59. The molecule has 4 rings (SSSR count). The van der Waals surface area contributed by atoms with Gasteiger partial charge in [0.15, 0.2) is 15.7 Å². The molecule has 1 unspecified atom stereocenters. The first-order chi connectivity index (χ1) is 15.8. The second-order valence-corrected chi connectivity index (χ2v) is 11.4. The lowest BCUT2D eigenvalue weighted by Crippen LogP contribution is -2.37. The number of nitrogens with one attached hydrogen (secondary N) is 1. The lowest BCUT2D eigenvalue weighted by molar-refractivity contribution is -0.120. The van der Waals surface area contributed by atoms with E-state index in [1.165, 1.54) is 10.6 Å². The van der Waals surface area contributed by atoms with Gasteiger partial charge in [0.05, 0.1) is 10.1 Å². The lowest BCUT2D eigenvalue weighted by atomic mass is 9.91. The molecule has 1 saturated carbocycles. The molecule has 10 heteroatoms. The van der Waals surface area contributed by atoms with Gasteiger partial charge in [0.2, 0.25) is 5.91 Å². The van der Waals surface area contributed by atoms with Gasteiger partial charge in [0.1, 0.15) is 6.04 Å². The minimum absolute atomic E-state index is 0.0584. The first-order valence-corrected chi connectivity index (χ1v) is 13.2. The van der Waals surface area contributed by atoms with Gasteiger partial charge in [-0.15, -0.1) is 0 Å². The molecule has 3 heterocycles. The molecule has 2 fully saturated rings. The van der Waals surface area contributed by atoms with E-state index >= 15 is 0 Å². The number of aromatic nitrogens is 3. The molecule has 1 N–H and O–H groups in total. The monoisotopic (exact) mass is 476 g/mol. The SMILES string of the molecule is Cc1cc(S(=O)(=O)C2CCCC2)cc(=O)n1C(CC1CCOCC1)C(=O)Nc1ccn(C)n1. The zero-order valence-electron chi connectivity index (χ0n) is 19.2. The van der Waals surface area contributed by atoms with Crippen LogP contribution >= 0.6 is 0 Å². The van der Waals surface area contributed by atoms with Crippen LogP contribution in [0.4, 0.5) is 5.82 Å². The third-order valence-corrected chi connectivity index (χ3v) is 9.02. The van der Waals surface area contributed by atoms with Gasteiger partial charge < -0.3 is 14.6 Å². The van der Waals surface area contributed by atoms with E-state index in [9.17, 15) is 18.0 Å². The summed E-state index contributed by atoms with van der Waals surface area (Å²) in [5.41, 5.74) is -0.00731. The second kappa shape index (κ2) is 9.80. The maximum absolute atomic E-state index is 13.3. The Morgan fingerprint density at radius 3 is 2.52 bits per heavy atom. The van der Waals surface area contributed by atoms with Crippen LogP contribution in [0, 0.1) is 12.8 Å². The zero-order chi connectivity index (χ0) is 23.6. The Hall–Kier alpha value is -2.46. The number of amides is 1. The summed E-state index contributed by atoms with van der Waals surface area (Å²) < 4.78 is 34.6. The van der Waals surface area contributed by atoms with Gasteiger partial charge in [-0.1, -0.05) is 12.8 Å². The van der Waals surface area contributed by atoms with Crippen LogP contribution < -0.4 is 10.9 Å². The summed E-state index contributed by atoms with van der Waals surface area (Å²) >= 11 is 0. The van der Waals surface area contributed by atoms with Crippen molar-refractivity contribution in [3.05, 3.63) is 40.4 Å². The second-order valence-electron chi connectivity index (χ2n) is 9.16. The molecule has 1 atom stereocenters. The highest BCUT2D eigenvalue weighted by atomic mass is 32.2. The summed E-state index contributed by atoms with van der Waals surface area (Å²) in [7, 11) is -1.81. The number of rotatable bonds is 7. The van der Waals surface area contributed by atoms with Crippen molar-refractivity contribution in [2.75, 3.05) is 18.5 Å². The summed E-state index contributed by atoms with van der Waals surface area (Å²) in [6.07, 6.45) is 6.86.